The predicted molar refractivity (Wildman–Crippen MR) is 93.9 cm³/mol. The Hall–Kier alpha value is -2.04. The van der Waals surface area contributed by atoms with Gasteiger partial charge in [0.15, 0.2) is 0 Å². The summed E-state index contributed by atoms with van der Waals surface area (Å²) in [4.78, 5) is 25.6. The third-order valence-corrected chi connectivity index (χ3v) is 4.56. The van der Waals surface area contributed by atoms with Gasteiger partial charge in [-0.2, -0.15) is 0 Å². The smallest absolute Gasteiger partial charge is 0.223 e. The predicted octanol–water partition coefficient (Wildman–Crippen LogP) is 2.39. The molecule has 0 radical (unpaired) electrons. The molecule has 1 aromatic carbocycles. The maximum Gasteiger partial charge on any atom is 0.223 e. The van der Waals surface area contributed by atoms with Crippen molar-refractivity contribution in [2.45, 2.75) is 45.1 Å². The summed E-state index contributed by atoms with van der Waals surface area (Å²) < 4.78 is 5.16. The lowest BCUT2D eigenvalue weighted by Crippen LogP contribution is -2.37. The number of ether oxygens (including phenoxy) is 1. The van der Waals surface area contributed by atoms with Crippen molar-refractivity contribution in [3.63, 3.8) is 0 Å². The van der Waals surface area contributed by atoms with Crippen LogP contribution in [0.5, 0.6) is 5.75 Å². The van der Waals surface area contributed by atoms with E-state index in [4.69, 9.17) is 4.74 Å². The number of hydrogen-bond donors (Lipinski definition) is 1. The van der Waals surface area contributed by atoms with Gasteiger partial charge in [-0.05, 0) is 50.3 Å². The lowest BCUT2D eigenvalue weighted by molar-refractivity contribution is -0.132. The van der Waals surface area contributed by atoms with Crippen LogP contribution in [0.1, 0.15) is 38.2 Å². The summed E-state index contributed by atoms with van der Waals surface area (Å²) in [6.45, 7) is 2.64. The van der Waals surface area contributed by atoms with Crippen molar-refractivity contribution in [2.24, 2.45) is 5.92 Å². The first-order valence-electron chi connectivity index (χ1n) is 8.67. The van der Waals surface area contributed by atoms with Crippen LogP contribution in [0.15, 0.2) is 24.3 Å². The highest BCUT2D eigenvalue weighted by atomic mass is 16.5. The standard InChI is InChI=1S/C19H28N2O3/c1-14(13-15-6-10-17(24-3)11-7-15)21(2)18(22)5-4-12-20-19(23)16-8-9-16/h6-7,10-11,14,16H,4-5,8-9,12-13H2,1-3H3,(H,20,23). The fourth-order valence-corrected chi connectivity index (χ4v) is 2.60. The average molecular weight is 332 g/mol. The molecule has 1 saturated carbocycles. The molecule has 0 aliphatic heterocycles. The van der Waals surface area contributed by atoms with Crippen LogP contribution < -0.4 is 10.1 Å². The summed E-state index contributed by atoms with van der Waals surface area (Å²) in [6.07, 6.45) is 3.99. The van der Waals surface area contributed by atoms with Gasteiger partial charge in [0.25, 0.3) is 0 Å². The largest absolute Gasteiger partial charge is 0.497 e. The second-order valence-corrected chi connectivity index (χ2v) is 6.57. The third kappa shape index (κ3) is 5.55. The van der Waals surface area contributed by atoms with E-state index in [1.807, 2.05) is 31.3 Å². The number of methoxy groups -OCH3 is 1. The van der Waals surface area contributed by atoms with Crippen molar-refractivity contribution in [3.05, 3.63) is 29.8 Å². The van der Waals surface area contributed by atoms with Crippen molar-refractivity contribution < 1.29 is 14.3 Å². The molecule has 5 nitrogen and oxygen atoms in total. The zero-order chi connectivity index (χ0) is 17.5. The number of likely N-dealkylation sites (N-methyl/N-ethyl adjacent to an activating group) is 1. The van der Waals surface area contributed by atoms with Gasteiger partial charge in [-0.15, -0.1) is 0 Å². The van der Waals surface area contributed by atoms with E-state index in [1.54, 1.807) is 12.0 Å². The third-order valence-electron chi connectivity index (χ3n) is 4.56. The summed E-state index contributed by atoms with van der Waals surface area (Å²) in [6, 6.07) is 8.06. The van der Waals surface area contributed by atoms with Crippen LogP contribution in [0.3, 0.4) is 0 Å². The summed E-state index contributed by atoms with van der Waals surface area (Å²) in [7, 11) is 3.50. The Balaban J connectivity index is 1.69. The van der Waals surface area contributed by atoms with Crippen LogP contribution >= 0.6 is 0 Å². The number of benzene rings is 1. The monoisotopic (exact) mass is 332 g/mol. The molecule has 2 rings (SSSR count). The minimum absolute atomic E-state index is 0.122. The fraction of sp³-hybridized carbons (Fsp3) is 0.579. The number of nitrogens with zero attached hydrogens (tertiary/aromatic N) is 1. The van der Waals surface area contributed by atoms with Gasteiger partial charge in [0.05, 0.1) is 7.11 Å². The highest BCUT2D eigenvalue weighted by Crippen LogP contribution is 2.28. The van der Waals surface area contributed by atoms with Gasteiger partial charge in [-0.1, -0.05) is 12.1 Å². The van der Waals surface area contributed by atoms with E-state index < -0.39 is 0 Å². The fourth-order valence-electron chi connectivity index (χ4n) is 2.60. The Bertz CT molecular complexity index is 552. The molecular weight excluding hydrogens is 304 g/mol. The van der Waals surface area contributed by atoms with Crippen LogP contribution in [0.4, 0.5) is 0 Å². The van der Waals surface area contributed by atoms with Crippen LogP contribution in [0, 0.1) is 5.92 Å². The molecule has 0 saturated heterocycles. The molecule has 0 aromatic heterocycles. The number of nitrogens with one attached hydrogen (secondary N) is 1. The normalized spacial score (nSPS) is 14.8. The van der Waals surface area contributed by atoms with E-state index in [9.17, 15) is 9.59 Å². The zero-order valence-corrected chi connectivity index (χ0v) is 14.9. The topological polar surface area (TPSA) is 58.6 Å². The molecule has 1 N–H and O–H groups in total. The summed E-state index contributed by atoms with van der Waals surface area (Å²) >= 11 is 0. The quantitative estimate of drug-likeness (QED) is 0.707. The average Bonchev–Trinajstić information content (AvgIpc) is 3.43. The molecule has 1 aliphatic carbocycles. The number of rotatable bonds is 9. The van der Waals surface area contributed by atoms with Crippen LogP contribution in [0.25, 0.3) is 0 Å². The van der Waals surface area contributed by atoms with E-state index >= 15 is 0 Å². The molecule has 1 atom stereocenters. The van der Waals surface area contributed by atoms with Crippen molar-refractivity contribution in [3.8, 4) is 5.75 Å². The second-order valence-electron chi connectivity index (χ2n) is 6.57. The highest BCUT2D eigenvalue weighted by molar-refractivity contribution is 5.81. The summed E-state index contributed by atoms with van der Waals surface area (Å²) in [5, 5.41) is 2.90. The van der Waals surface area contributed by atoms with Gasteiger partial charge in [0.2, 0.25) is 11.8 Å². The number of carbonyl (C=O) groups is 2. The molecule has 0 heterocycles. The van der Waals surface area contributed by atoms with E-state index in [0.717, 1.165) is 25.0 Å². The first-order valence-corrected chi connectivity index (χ1v) is 8.67. The van der Waals surface area contributed by atoms with E-state index in [0.29, 0.717) is 19.4 Å². The number of amides is 2. The molecule has 2 amide bonds. The summed E-state index contributed by atoms with van der Waals surface area (Å²) in [5.41, 5.74) is 1.18. The molecule has 0 spiro atoms. The SMILES string of the molecule is COc1ccc(CC(C)N(C)C(=O)CCCNC(=O)C2CC2)cc1. The minimum Gasteiger partial charge on any atom is -0.497 e. The van der Waals surface area contributed by atoms with Crippen molar-refractivity contribution >= 4 is 11.8 Å². The minimum atomic E-state index is 0.122. The molecule has 1 aromatic rings. The molecule has 5 heteroatoms. The molecule has 132 valence electrons. The molecule has 1 fully saturated rings. The van der Waals surface area contributed by atoms with Crippen molar-refractivity contribution in [1.82, 2.24) is 10.2 Å². The highest BCUT2D eigenvalue weighted by Gasteiger charge is 2.29. The molecule has 0 bridgehead atoms. The Morgan fingerprint density at radius 1 is 1.29 bits per heavy atom. The lowest BCUT2D eigenvalue weighted by atomic mass is 10.1. The summed E-state index contributed by atoms with van der Waals surface area (Å²) in [5.74, 6) is 1.33. The van der Waals surface area contributed by atoms with Crippen LogP contribution in [0.2, 0.25) is 0 Å². The lowest BCUT2D eigenvalue weighted by Gasteiger charge is -2.25. The second kappa shape index (κ2) is 8.71. The molecular formula is C19H28N2O3. The molecule has 1 unspecified atom stereocenters. The Morgan fingerprint density at radius 2 is 1.96 bits per heavy atom. The first-order chi connectivity index (χ1) is 11.5. The van der Waals surface area contributed by atoms with Gasteiger partial charge < -0.3 is 15.0 Å². The Labute approximate surface area is 144 Å². The van der Waals surface area contributed by atoms with Crippen LogP contribution in [-0.4, -0.2) is 43.5 Å². The maximum absolute atomic E-state index is 12.3. The number of hydrogen-bond acceptors (Lipinski definition) is 3. The van der Waals surface area contributed by atoms with Crippen LogP contribution in [-0.2, 0) is 16.0 Å². The molecule has 24 heavy (non-hydrogen) atoms. The molecule has 1 aliphatic rings. The van der Waals surface area contributed by atoms with Gasteiger partial charge in [0, 0.05) is 32.0 Å². The van der Waals surface area contributed by atoms with Crippen molar-refractivity contribution in [2.75, 3.05) is 20.7 Å². The van der Waals surface area contributed by atoms with E-state index in [1.165, 1.54) is 5.56 Å². The van der Waals surface area contributed by atoms with Gasteiger partial charge in [-0.3, -0.25) is 9.59 Å². The maximum atomic E-state index is 12.3. The van der Waals surface area contributed by atoms with Gasteiger partial charge in [-0.25, -0.2) is 0 Å². The Morgan fingerprint density at radius 3 is 2.54 bits per heavy atom. The van der Waals surface area contributed by atoms with E-state index in [-0.39, 0.29) is 23.8 Å². The van der Waals surface area contributed by atoms with Gasteiger partial charge >= 0.3 is 0 Å². The zero-order valence-electron chi connectivity index (χ0n) is 14.9. The first kappa shape index (κ1) is 18.3. The van der Waals surface area contributed by atoms with Gasteiger partial charge in [0.1, 0.15) is 5.75 Å². The Kier molecular flexibility index (Phi) is 6.64. The number of carbonyl (C=O) groups excluding carboxylic acids is 2. The van der Waals surface area contributed by atoms with Crippen molar-refractivity contribution in [1.29, 1.82) is 0 Å². The van der Waals surface area contributed by atoms with E-state index in [2.05, 4.69) is 12.2 Å².